The van der Waals surface area contributed by atoms with Crippen molar-refractivity contribution in [3.05, 3.63) is 87.9 Å². The first-order valence-electron chi connectivity index (χ1n) is 13.1. The summed E-state index contributed by atoms with van der Waals surface area (Å²) in [7, 11) is -3.92. The first kappa shape index (κ1) is 30.5. The van der Waals surface area contributed by atoms with Crippen molar-refractivity contribution in [2.45, 2.75) is 32.9 Å². The van der Waals surface area contributed by atoms with E-state index in [0.29, 0.717) is 33.7 Å². The molecule has 0 bridgehead atoms. The smallest absolute Gasteiger partial charge is 0.244 e. The highest BCUT2D eigenvalue weighted by atomic mass is 35.5. The van der Waals surface area contributed by atoms with Gasteiger partial charge in [0.25, 0.3) is 0 Å². The SMILES string of the molecule is CCNC(=O)[C@H](Cc1ccccc1)N(Cc1ccc(Cl)cc1Cl)C(=O)CN(c1ccc2c(c1)OCO2)S(=O)(=O)CC. The molecule has 3 aromatic rings. The summed E-state index contributed by atoms with van der Waals surface area (Å²) in [5.41, 5.74) is 1.63. The van der Waals surface area contributed by atoms with E-state index in [2.05, 4.69) is 5.32 Å². The number of ether oxygens (including phenoxy) is 2. The maximum atomic E-state index is 14.2. The molecule has 1 aliphatic heterocycles. The predicted octanol–water partition coefficient (Wildman–Crippen LogP) is 4.65. The molecule has 1 atom stereocenters. The lowest BCUT2D eigenvalue weighted by molar-refractivity contribution is -0.140. The van der Waals surface area contributed by atoms with Gasteiger partial charge in [0, 0.05) is 35.6 Å². The Balaban J connectivity index is 1.75. The molecule has 0 fully saturated rings. The zero-order valence-electron chi connectivity index (χ0n) is 22.7. The largest absolute Gasteiger partial charge is 0.454 e. The Kier molecular flexibility index (Phi) is 10.0. The molecule has 0 saturated heterocycles. The molecule has 1 aliphatic rings. The van der Waals surface area contributed by atoms with E-state index in [9.17, 15) is 18.0 Å². The number of anilines is 1. The molecule has 3 aromatic carbocycles. The van der Waals surface area contributed by atoms with Crippen LogP contribution in [0.2, 0.25) is 10.0 Å². The summed E-state index contributed by atoms with van der Waals surface area (Å²) in [6.45, 7) is 3.05. The van der Waals surface area contributed by atoms with E-state index < -0.39 is 28.5 Å². The average molecular weight is 621 g/mol. The van der Waals surface area contributed by atoms with Crippen LogP contribution in [0, 0.1) is 0 Å². The molecule has 218 valence electrons. The molecule has 12 heteroatoms. The number of nitrogens with zero attached hydrogens (tertiary/aromatic N) is 2. The minimum Gasteiger partial charge on any atom is -0.454 e. The molecule has 9 nitrogen and oxygen atoms in total. The predicted molar refractivity (Wildman–Crippen MR) is 159 cm³/mol. The lowest BCUT2D eigenvalue weighted by Crippen LogP contribution is -2.53. The van der Waals surface area contributed by atoms with E-state index in [-0.39, 0.29) is 37.1 Å². The van der Waals surface area contributed by atoms with Gasteiger partial charge in [0.2, 0.25) is 28.6 Å². The van der Waals surface area contributed by atoms with E-state index in [0.717, 1.165) is 9.87 Å². The molecule has 41 heavy (non-hydrogen) atoms. The number of fused-ring (bicyclic) bond motifs is 1. The van der Waals surface area contributed by atoms with Crippen LogP contribution in [0.15, 0.2) is 66.7 Å². The number of carbonyl (C=O) groups is 2. The van der Waals surface area contributed by atoms with Crippen molar-refractivity contribution in [1.29, 1.82) is 0 Å². The van der Waals surface area contributed by atoms with E-state index >= 15 is 0 Å². The second kappa shape index (κ2) is 13.5. The van der Waals surface area contributed by atoms with E-state index in [1.165, 1.54) is 17.9 Å². The van der Waals surface area contributed by atoms with Crippen molar-refractivity contribution >= 4 is 50.7 Å². The zero-order chi connectivity index (χ0) is 29.6. The molecule has 0 saturated carbocycles. The standard InChI is InChI=1S/C29H31Cl2N3O6S/c1-3-32-29(36)25(14-20-8-6-5-7-9-20)33(17-21-10-11-22(30)15-24(21)31)28(35)18-34(41(37,38)4-2)23-12-13-26-27(16-23)40-19-39-26/h5-13,15-16,25H,3-4,14,17-19H2,1-2H3,(H,32,36)/t25-/m0/s1. The van der Waals surface area contributed by atoms with Crippen molar-refractivity contribution in [2.75, 3.05) is 29.9 Å². The summed E-state index contributed by atoms with van der Waals surface area (Å²) in [5, 5.41) is 3.55. The van der Waals surface area contributed by atoms with E-state index in [1.54, 1.807) is 37.3 Å². The van der Waals surface area contributed by atoms with Gasteiger partial charge in [-0.2, -0.15) is 0 Å². The van der Waals surface area contributed by atoms with Crippen LogP contribution in [0.25, 0.3) is 0 Å². The number of rotatable bonds is 12. The Morgan fingerprint density at radius 1 is 0.976 bits per heavy atom. The van der Waals surface area contributed by atoms with Crippen molar-refractivity contribution < 1.29 is 27.5 Å². The first-order valence-corrected chi connectivity index (χ1v) is 15.4. The normalized spacial score (nSPS) is 13.0. The molecule has 0 aromatic heterocycles. The number of halogens is 2. The van der Waals surface area contributed by atoms with E-state index in [4.69, 9.17) is 32.7 Å². The van der Waals surface area contributed by atoms with Crippen molar-refractivity contribution in [2.24, 2.45) is 0 Å². The van der Waals surface area contributed by atoms with Gasteiger partial charge in [0.05, 0.1) is 11.4 Å². The highest BCUT2D eigenvalue weighted by Gasteiger charge is 2.34. The van der Waals surface area contributed by atoms with Gasteiger partial charge < -0.3 is 19.7 Å². The maximum absolute atomic E-state index is 14.2. The van der Waals surface area contributed by atoms with Crippen LogP contribution in [0.1, 0.15) is 25.0 Å². The van der Waals surface area contributed by atoms with Crippen molar-refractivity contribution in [3.8, 4) is 11.5 Å². The number of nitrogens with one attached hydrogen (secondary N) is 1. The fraction of sp³-hybridized carbons (Fsp3) is 0.310. The summed E-state index contributed by atoms with van der Waals surface area (Å²) in [6, 6.07) is 17.9. The van der Waals surface area contributed by atoms with Crippen molar-refractivity contribution in [1.82, 2.24) is 10.2 Å². The number of hydrogen-bond donors (Lipinski definition) is 1. The average Bonchev–Trinajstić information content (AvgIpc) is 3.43. The molecule has 1 N–H and O–H groups in total. The topological polar surface area (TPSA) is 105 Å². The molecule has 1 heterocycles. The van der Waals surface area contributed by atoms with Crippen LogP contribution in [0.3, 0.4) is 0 Å². The number of sulfonamides is 1. The van der Waals surface area contributed by atoms with Crippen LogP contribution in [-0.4, -0.2) is 56.8 Å². The second-order valence-electron chi connectivity index (χ2n) is 9.30. The lowest BCUT2D eigenvalue weighted by Gasteiger charge is -2.34. The van der Waals surface area contributed by atoms with Crippen molar-refractivity contribution in [3.63, 3.8) is 0 Å². The van der Waals surface area contributed by atoms with Crippen LogP contribution in [-0.2, 0) is 32.6 Å². The van der Waals surface area contributed by atoms with Gasteiger partial charge in [-0.3, -0.25) is 13.9 Å². The highest BCUT2D eigenvalue weighted by molar-refractivity contribution is 7.92. The Morgan fingerprint density at radius 2 is 1.71 bits per heavy atom. The minimum atomic E-state index is -3.92. The lowest BCUT2D eigenvalue weighted by atomic mass is 10.0. The van der Waals surface area contributed by atoms with Crippen LogP contribution in [0.5, 0.6) is 11.5 Å². The summed E-state index contributed by atoms with van der Waals surface area (Å²) >= 11 is 12.6. The molecule has 0 radical (unpaired) electrons. The third-order valence-electron chi connectivity index (χ3n) is 6.60. The number of carbonyl (C=O) groups excluding carboxylic acids is 2. The van der Waals surface area contributed by atoms with Gasteiger partial charge in [-0.25, -0.2) is 8.42 Å². The van der Waals surface area contributed by atoms with Crippen LogP contribution < -0.4 is 19.1 Å². The highest BCUT2D eigenvalue weighted by Crippen LogP contribution is 2.36. The monoisotopic (exact) mass is 619 g/mol. The molecule has 0 spiro atoms. The Bertz CT molecular complexity index is 1500. The van der Waals surface area contributed by atoms with Gasteiger partial charge in [0.15, 0.2) is 11.5 Å². The summed E-state index contributed by atoms with van der Waals surface area (Å²) < 4.78 is 38.4. The number of amides is 2. The maximum Gasteiger partial charge on any atom is 0.244 e. The molecular formula is C29H31Cl2N3O6S. The third-order valence-corrected chi connectivity index (χ3v) is 8.93. The number of likely N-dealkylation sites (N-methyl/N-ethyl adjacent to an activating group) is 1. The third kappa shape index (κ3) is 7.44. The minimum absolute atomic E-state index is 0.0155. The molecule has 0 aliphatic carbocycles. The number of benzene rings is 3. The van der Waals surface area contributed by atoms with Crippen LogP contribution in [0.4, 0.5) is 5.69 Å². The van der Waals surface area contributed by atoms with Gasteiger partial charge in [-0.1, -0.05) is 59.6 Å². The number of hydrogen-bond acceptors (Lipinski definition) is 6. The van der Waals surface area contributed by atoms with Gasteiger partial charge in [-0.15, -0.1) is 0 Å². The van der Waals surface area contributed by atoms with Crippen LogP contribution >= 0.6 is 23.2 Å². The Hall–Kier alpha value is -3.47. The second-order valence-corrected chi connectivity index (χ2v) is 12.3. The summed E-state index contributed by atoms with van der Waals surface area (Å²) in [4.78, 5) is 29.0. The first-order chi connectivity index (χ1) is 19.6. The summed E-state index contributed by atoms with van der Waals surface area (Å²) in [6.07, 6.45) is 0.203. The Morgan fingerprint density at radius 3 is 2.39 bits per heavy atom. The Labute approximate surface area is 250 Å². The van der Waals surface area contributed by atoms with Gasteiger partial charge >= 0.3 is 0 Å². The molecule has 2 amide bonds. The summed E-state index contributed by atoms with van der Waals surface area (Å²) in [5.74, 6) is -0.352. The fourth-order valence-corrected chi connectivity index (χ4v) is 5.96. The molecule has 0 unspecified atom stereocenters. The van der Waals surface area contributed by atoms with Gasteiger partial charge in [0.1, 0.15) is 12.6 Å². The molecular weight excluding hydrogens is 589 g/mol. The quantitative estimate of drug-likeness (QED) is 0.316. The molecule has 4 rings (SSSR count). The fourth-order valence-electron chi connectivity index (χ4n) is 4.44. The van der Waals surface area contributed by atoms with E-state index in [1.807, 2.05) is 30.3 Å². The van der Waals surface area contributed by atoms with Gasteiger partial charge in [-0.05, 0) is 49.2 Å². The zero-order valence-corrected chi connectivity index (χ0v) is 25.0.